The van der Waals surface area contributed by atoms with Gasteiger partial charge in [-0.05, 0) is 44.5 Å². The lowest BCUT2D eigenvalue weighted by atomic mass is 10.2. The second-order valence-electron chi connectivity index (χ2n) is 5.80. The number of rotatable bonds is 4. The molecule has 24 heavy (non-hydrogen) atoms. The van der Waals surface area contributed by atoms with E-state index in [1.807, 2.05) is 0 Å². The first kappa shape index (κ1) is 19.5. The number of aromatic nitrogens is 1. The number of carboxylic acids is 1. The Bertz CT molecular complexity index is 619. The van der Waals surface area contributed by atoms with Crippen LogP contribution in [-0.2, 0) is 9.53 Å². The molecule has 0 saturated carbocycles. The Morgan fingerprint density at radius 3 is 2.33 bits per heavy atom. The van der Waals surface area contributed by atoms with Crippen molar-refractivity contribution in [1.29, 1.82) is 0 Å². The number of amides is 1. The number of halogens is 3. The molecule has 6 nitrogen and oxygen atoms in total. The van der Waals surface area contributed by atoms with Crippen molar-refractivity contribution in [3.05, 3.63) is 30.0 Å². The Labute approximate surface area is 136 Å². The zero-order chi connectivity index (χ0) is 18.5. The summed E-state index contributed by atoms with van der Waals surface area (Å²) in [4.78, 5) is 26.6. The maximum atomic E-state index is 12.7. The fraction of sp³-hybridized carbons (Fsp3) is 0.400. The molecular weight excluding hydrogens is 329 g/mol. The number of anilines is 1. The number of carbonyl (C=O) groups is 2. The van der Waals surface area contributed by atoms with Crippen molar-refractivity contribution < 1.29 is 32.6 Å². The lowest BCUT2D eigenvalue weighted by Gasteiger charge is -2.27. The van der Waals surface area contributed by atoms with Crippen molar-refractivity contribution in [3.8, 4) is 0 Å². The van der Waals surface area contributed by atoms with Crippen LogP contribution in [0.25, 0.3) is 6.08 Å². The van der Waals surface area contributed by atoms with Crippen molar-refractivity contribution in [1.82, 2.24) is 4.98 Å². The number of hydrogen-bond donors (Lipinski definition) is 1. The molecule has 0 saturated heterocycles. The number of aliphatic carboxylic acids is 1. The highest BCUT2D eigenvalue weighted by atomic mass is 19.4. The molecule has 1 aromatic heterocycles. The molecule has 1 rings (SSSR count). The van der Waals surface area contributed by atoms with E-state index in [-0.39, 0.29) is 5.82 Å². The molecular formula is C15H17F3N2O4. The van der Waals surface area contributed by atoms with E-state index in [1.165, 1.54) is 39.0 Å². The van der Waals surface area contributed by atoms with Gasteiger partial charge in [0.05, 0.1) is 0 Å². The van der Waals surface area contributed by atoms with E-state index in [1.54, 1.807) is 0 Å². The monoisotopic (exact) mass is 346 g/mol. The van der Waals surface area contributed by atoms with E-state index in [0.717, 1.165) is 12.3 Å². The summed E-state index contributed by atoms with van der Waals surface area (Å²) in [5.74, 6) is -1.43. The Kier molecular flexibility index (Phi) is 5.94. The van der Waals surface area contributed by atoms with E-state index in [9.17, 15) is 22.8 Å². The van der Waals surface area contributed by atoms with Crippen LogP contribution in [0, 0.1) is 0 Å². The first-order valence-corrected chi connectivity index (χ1v) is 6.82. The van der Waals surface area contributed by atoms with Gasteiger partial charge in [0.25, 0.3) is 0 Å². The molecule has 0 spiro atoms. The molecule has 0 atom stereocenters. The van der Waals surface area contributed by atoms with Gasteiger partial charge >= 0.3 is 18.2 Å². The van der Waals surface area contributed by atoms with Gasteiger partial charge in [-0.15, -0.1) is 0 Å². The zero-order valence-electron chi connectivity index (χ0n) is 13.3. The standard InChI is InChI=1S/C15H17F3N2O4/c1-14(2,3)24-13(23)20(9-15(16,17)18)11-6-4-10(8-19-11)5-7-12(21)22/h4-8H,9H2,1-3H3,(H,21,22)/b7-5+. The lowest BCUT2D eigenvalue weighted by Crippen LogP contribution is -2.42. The van der Waals surface area contributed by atoms with Gasteiger partial charge in [-0.1, -0.05) is 0 Å². The summed E-state index contributed by atoms with van der Waals surface area (Å²) in [6.07, 6.45) is -2.58. The summed E-state index contributed by atoms with van der Waals surface area (Å²) >= 11 is 0. The van der Waals surface area contributed by atoms with Gasteiger partial charge in [-0.2, -0.15) is 13.2 Å². The highest BCUT2D eigenvalue weighted by Gasteiger charge is 2.36. The molecule has 0 aromatic carbocycles. The van der Waals surface area contributed by atoms with Gasteiger partial charge in [0, 0.05) is 12.3 Å². The van der Waals surface area contributed by atoms with Crippen molar-refractivity contribution in [2.45, 2.75) is 32.5 Å². The van der Waals surface area contributed by atoms with E-state index >= 15 is 0 Å². The number of ether oxygens (including phenoxy) is 1. The third-order valence-corrected chi connectivity index (χ3v) is 2.42. The van der Waals surface area contributed by atoms with Crippen LogP contribution in [0.1, 0.15) is 26.3 Å². The zero-order valence-corrected chi connectivity index (χ0v) is 13.3. The van der Waals surface area contributed by atoms with E-state index in [0.29, 0.717) is 10.5 Å². The number of carbonyl (C=O) groups excluding carboxylic acids is 1. The van der Waals surface area contributed by atoms with E-state index in [4.69, 9.17) is 9.84 Å². The molecule has 1 heterocycles. The average Bonchev–Trinajstić information content (AvgIpc) is 2.40. The normalized spacial score (nSPS) is 12.2. The van der Waals surface area contributed by atoms with Gasteiger partial charge in [-0.3, -0.25) is 4.90 Å². The second-order valence-corrected chi connectivity index (χ2v) is 5.80. The third-order valence-electron chi connectivity index (χ3n) is 2.42. The Morgan fingerprint density at radius 1 is 1.29 bits per heavy atom. The van der Waals surface area contributed by atoms with Crippen molar-refractivity contribution >= 4 is 24.0 Å². The third kappa shape index (κ3) is 7.12. The van der Waals surface area contributed by atoms with Gasteiger partial charge in [0.1, 0.15) is 18.0 Å². The van der Waals surface area contributed by atoms with Crippen LogP contribution in [-0.4, -0.2) is 40.5 Å². The minimum Gasteiger partial charge on any atom is -0.478 e. The highest BCUT2D eigenvalue weighted by molar-refractivity contribution is 5.87. The summed E-state index contributed by atoms with van der Waals surface area (Å²) < 4.78 is 43.1. The summed E-state index contributed by atoms with van der Waals surface area (Å²) in [5, 5.41) is 8.52. The molecule has 0 aliphatic heterocycles. The minimum absolute atomic E-state index is 0.256. The number of pyridine rings is 1. The van der Waals surface area contributed by atoms with Crippen LogP contribution >= 0.6 is 0 Å². The van der Waals surface area contributed by atoms with Gasteiger partial charge in [-0.25, -0.2) is 14.6 Å². The Hall–Kier alpha value is -2.58. The molecule has 1 aromatic rings. The largest absolute Gasteiger partial charge is 0.478 e. The van der Waals surface area contributed by atoms with Gasteiger partial charge in [0.2, 0.25) is 0 Å². The van der Waals surface area contributed by atoms with Crippen LogP contribution in [0.15, 0.2) is 24.4 Å². The van der Waals surface area contributed by atoms with Crippen LogP contribution in [0.3, 0.4) is 0 Å². The molecule has 0 unspecified atom stereocenters. The molecule has 0 aliphatic rings. The lowest BCUT2D eigenvalue weighted by molar-refractivity contribution is -0.131. The second kappa shape index (κ2) is 7.33. The highest BCUT2D eigenvalue weighted by Crippen LogP contribution is 2.23. The Morgan fingerprint density at radius 2 is 1.92 bits per heavy atom. The molecule has 132 valence electrons. The fourth-order valence-corrected chi connectivity index (χ4v) is 1.56. The summed E-state index contributed by atoms with van der Waals surface area (Å²) in [6, 6.07) is 2.52. The number of alkyl halides is 3. The first-order valence-electron chi connectivity index (χ1n) is 6.82. The topological polar surface area (TPSA) is 79.7 Å². The SMILES string of the molecule is CC(C)(C)OC(=O)N(CC(F)(F)F)c1ccc(/C=C/C(=O)O)cn1. The number of hydrogen-bond acceptors (Lipinski definition) is 4. The van der Waals surface area contributed by atoms with Crippen molar-refractivity contribution in [2.75, 3.05) is 11.4 Å². The molecule has 0 aliphatic carbocycles. The van der Waals surface area contributed by atoms with Crippen LogP contribution < -0.4 is 4.90 Å². The maximum Gasteiger partial charge on any atom is 0.416 e. The predicted molar refractivity (Wildman–Crippen MR) is 80.5 cm³/mol. The van der Waals surface area contributed by atoms with Gasteiger partial charge in [0.15, 0.2) is 0 Å². The van der Waals surface area contributed by atoms with E-state index in [2.05, 4.69) is 4.98 Å². The van der Waals surface area contributed by atoms with Crippen LogP contribution in [0.5, 0.6) is 0 Å². The average molecular weight is 346 g/mol. The molecule has 1 N–H and O–H groups in total. The molecule has 9 heteroatoms. The van der Waals surface area contributed by atoms with Crippen molar-refractivity contribution in [3.63, 3.8) is 0 Å². The maximum absolute atomic E-state index is 12.7. The number of carboxylic acid groups (broad SMARTS) is 1. The summed E-state index contributed by atoms with van der Waals surface area (Å²) in [6.45, 7) is 3.04. The summed E-state index contributed by atoms with van der Waals surface area (Å²) in [5.41, 5.74) is -0.609. The smallest absolute Gasteiger partial charge is 0.416 e. The van der Waals surface area contributed by atoms with E-state index < -0.39 is 30.4 Å². The molecule has 0 bridgehead atoms. The quantitative estimate of drug-likeness (QED) is 0.844. The van der Waals surface area contributed by atoms with Crippen LogP contribution in [0.4, 0.5) is 23.8 Å². The Balaban J connectivity index is 3.06. The van der Waals surface area contributed by atoms with Gasteiger partial charge < -0.3 is 9.84 Å². The minimum atomic E-state index is -4.64. The molecule has 0 radical (unpaired) electrons. The molecule has 1 amide bonds. The fourth-order valence-electron chi connectivity index (χ4n) is 1.56. The summed E-state index contributed by atoms with van der Waals surface area (Å²) in [7, 11) is 0. The van der Waals surface area contributed by atoms with Crippen LogP contribution in [0.2, 0.25) is 0 Å². The number of nitrogens with zero attached hydrogens (tertiary/aromatic N) is 2. The van der Waals surface area contributed by atoms with Crippen molar-refractivity contribution in [2.24, 2.45) is 0 Å². The predicted octanol–water partition coefficient (Wildman–Crippen LogP) is 3.48. The first-order chi connectivity index (χ1) is 10.9. The molecule has 0 fully saturated rings.